The smallest absolute Gasteiger partial charge is 0.0878 e. The average Bonchev–Trinajstić information content (AvgIpc) is 2.95. The highest BCUT2D eigenvalue weighted by atomic mass is 16.6. The molecule has 23 heavy (non-hydrogen) atoms. The molecule has 14 atom stereocenters. The molecule has 0 N–H and O–H groups in total. The number of nitriles is 2. The fourth-order valence-corrected chi connectivity index (χ4v) is 10.0. The van der Waals surface area contributed by atoms with Crippen LogP contribution in [0.15, 0.2) is 0 Å². The van der Waals surface area contributed by atoms with Gasteiger partial charge >= 0.3 is 0 Å². The van der Waals surface area contributed by atoms with Crippen LogP contribution in [0.3, 0.4) is 0 Å². The lowest BCUT2D eigenvalue weighted by Gasteiger charge is -2.29. The fraction of sp³-hybridized carbons (Fsp3) is 0.900. The van der Waals surface area contributed by atoms with Crippen LogP contribution in [0.1, 0.15) is 25.7 Å². The zero-order chi connectivity index (χ0) is 15.0. The van der Waals surface area contributed by atoms with Crippen LogP contribution in [0.2, 0.25) is 0 Å². The van der Waals surface area contributed by atoms with Crippen molar-refractivity contribution in [2.24, 2.45) is 71.0 Å². The first-order valence-corrected chi connectivity index (χ1v) is 9.74. The summed E-state index contributed by atoms with van der Waals surface area (Å²) < 4.78 is 6.21. The topological polar surface area (TPSA) is 60.1 Å². The second-order valence-electron chi connectivity index (χ2n) is 9.73. The van der Waals surface area contributed by atoms with Crippen LogP contribution in [0.5, 0.6) is 0 Å². The standard InChI is InChI=1S/C20H22N2O/c21-3-1-7-5-9-10-6-8(2-4-22)12-14(10)15-13(9)11(7)17-16(15)18(12)20-19(17)23-20/h7-20H,1-2,5-6H2/t7-,8+,9-,10+,11-,12-,13+,14-,15?,16?,17+,18-,19+,20-/m1/s1. The van der Waals surface area contributed by atoms with Gasteiger partial charge in [0, 0.05) is 12.8 Å². The Morgan fingerprint density at radius 1 is 0.652 bits per heavy atom. The molecular weight excluding hydrogens is 284 g/mol. The van der Waals surface area contributed by atoms with Crippen LogP contribution in [-0.2, 0) is 4.74 Å². The summed E-state index contributed by atoms with van der Waals surface area (Å²) in [5.41, 5.74) is 0. The lowest BCUT2D eigenvalue weighted by molar-refractivity contribution is 0.104. The molecule has 3 nitrogen and oxygen atoms in total. The Morgan fingerprint density at radius 3 is 1.61 bits per heavy atom. The summed E-state index contributed by atoms with van der Waals surface area (Å²) in [6.45, 7) is 0. The molecular formula is C20H22N2O. The molecule has 7 rings (SSSR count). The Bertz CT molecular complexity index is 635. The van der Waals surface area contributed by atoms with Crippen molar-refractivity contribution >= 4 is 0 Å². The largest absolute Gasteiger partial charge is 0.369 e. The highest BCUT2D eigenvalue weighted by Gasteiger charge is 2.83. The zero-order valence-electron chi connectivity index (χ0n) is 13.2. The van der Waals surface area contributed by atoms with Gasteiger partial charge in [-0.2, -0.15) is 10.5 Å². The Balaban J connectivity index is 1.39. The first-order valence-electron chi connectivity index (χ1n) is 9.74. The van der Waals surface area contributed by atoms with E-state index in [9.17, 15) is 10.5 Å². The van der Waals surface area contributed by atoms with E-state index in [0.29, 0.717) is 24.0 Å². The molecule has 7 fully saturated rings. The molecule has 0 radical (unpaired) electrons. The van der Waals surface area contributed by atoms with Crippen LogP contribution < -0.4 is 0 Å². The van der Waals surface area contributed by atoms with Gasteiger partial charge in [-0.05, 0) is 83.9 Å². The summed E-state index contributed by atoms with van der Waals surface area (Å²) in [4.78, 5) is 0. The number of nitrogens with zero attached hydrogens (tertiary/aromatic N) is 2. The number of hydrogen-bond donors (Lipinski definition) is 0. The minimum absolute atomic E-state index is 0.545. The summed E-state index contributed by atoms with van der Waals surface area (Å²) in [7, 11) is 0. The summed E-state index contributed by atoms with van der Waals surface area (Å²) in [5, 5.41) is 18.6. The number of epoxide rings is 1. The molecule has 118 valence electrons. The van der Waals surface area contributed by atoms with Gasteiger partial charge in [-0.25, -0.2) is 0 Å². The van der Waals surface area contributed by atoms with Gasteiger partial charge in [0.2, 0.25) is 0 Å². The summed E-state index contributed by atoms with van der Waals surface area (Å²) in [6, 6.07) is 5.00. The van der Waals surface area contributed by atoms with E-state index < -0.39 is 0 Å². The molecule has 0 aromatic carbocycles. The predicted octanol–water partition coefficient (Wildman–Crippen LogP) is 2.84. The minimum atomic E-state index is 0.545. The van der Waals surface area contributed by atoms with E-state index in [-0.39, 0.29) is 0 Å². The average molecular weight is 306 g/mol. The van der Waals surface area contributed by atoms with Gasteiger partial charge in [0.1, 0.15) is 0 Å². The summed E-state index contributed by atoms with van der Waals surface area (Å²) in [6.07, 6.45) is 5.28. The third-order valence-corrected chi connectivity index (χ3v) is 9.80. The molecule has 1 aliphatic heterocycles. The van der Waals surface area contributed by atoms with Crippen LogP contribution >= 0.6 is 0 Å². The van der Waals surface area contributed by atoms with Crippen LogP contribution in [0.4, 0.5) is 0 Å². The van der Waals surface area contributed by atoms with E-state index in [2.05, 4.69) is 12.1 Å². The van der Waals surface area contributed by atoms with E-state index in [1.165, 1.54) is 12.8 Å². The molecule has 0 aromatic heterocycles. The second kappa shape index (κ2) is 3.62. The predicted molar refractivity (Wildman–Crippen MR) is 80.2 cm³/mol. The molecule has 2 unspecified atom stereocenters. The number of hydrogen-bond acceptors (Lipinski definition) is 3. The Kier molecular flexibility index (Phi) is 1.94. The molecule has 6 saturated carbocycles. The SMILES string of the molecule is N#CC[C@H]1C[C@H]2[C@H]3C[C@@H](CC#N)[C@@H]4[C@H]3C3C5[C@H]([C@H]6O[C@H]6[C@H]54)[C@H]1[C@H]32. The zero-order valence-corrected chi connectivity index (χ0v) is 13.2. The Morgan fingerprint density at radius 2 is 1.13 bits per heavy atom. The molecule has 1 saturated heterocycles. The highest BCUT2D eigenvalue weighted by Crippen LogP contribution is 2.84. The van der Waals surface area contributed by atoms with Crippen molar-refractivity contribution in [1.82, 2.24) is 0 Å². The van der Waals surface area contributed by atoms with Gasteiger partial charge < -0.3 is 4.74 Å². The molecule has 7 aliphatic rings. The van der Waals surface area contributed by atoms with Gasteiger partial charge in [-0.3, -0.25) is 0 Å². The molecule has 0 bridgehead atoms. The molecule has 3 heteroatoms. The van der Waals surface area contributed by atoms with E-state index in [0.717, 1.165) is 72.0 Å². The third-order valence-electron chi connectivity index (χ3n) is 9.80. The first kappa shape index (κ1) is 12.3. The first-order chi connectivity index (χ1) is 11.3. The van der Waals surface area contributed by atoms with Gasteiger partial charge in [0.15, 0.2) is 0 Å². The molecule has 0 aromatic rings. The lowest BCUT2D eigenvalue weighted by Crippen LogP contribution is -2.27. The quantitative estimate of drug-likeness (QED) is 0.737. The molecule has 0 amide bonds. The molecule has 1 heterocycles. The minimum Gasteiger partial charge on any atom is -0.369 e. The molecule has 6 aliphatic carbocycles. The van der Waals surface area contributed by atoms with E-state index in [1.54, 1.807) is 0 Å². The summed E-state index contributed by atoms with van der Waals surface area (Å²) in [5.74, 6) is 10.0. The van der Waals surface area contributed by atoms with E-state index >= 15 is 0 Å². The third kappa shape index (κ3) is 1.09. The van der Waals surface area contributed by atoms with Crippen LogP contribution in [0, 0.1) is 93.7 Å². The van der Waals surface area contributed by atoms with Crippen molar-refractivity contribution in [1.29, 1.82) is 10.5 Å². The fourth-order valence-electron chi connectivity index (χ4n) is 10.0. The number of ether oxygens (including phenoxy) is 1. The van der Waals surface area contributed by atoms with Crippen molar-refractivity contribution in [3.63, 3.8) is 0 Å². The van der Waals surface area contributed by atoms with Crippen LogP contribution in [0.25, 0.3) is 0 Å². The van der Waals surface area contributed by atoms with E-state index in [1.807, 2.05) is 0 Å². The van der Waals surface area contributed by atoms with Crippen molar-refractivity contribution < 1.29 is 4.74 Å². The van der Waals surface area contributed by atoms with Gasteiger partial charge in [0.05, 0.1) is 24.3 Å². The lowest BCUT2D eigenvalue weighted by atomic mass is 9.77. The maximum absolute atomic E-state index is 9.32. The maximum atomic E-state index is 9.32. The Hall–Kier alpha value is -1.06. The van der Waals surface area contributed by atoms with Gasteiger partial charge in [-0.1, -0.05) is 0 Å². The van der Waals surface area contributed by atoms with Crippen molar-refractivity contribution in [3.05, 3.63) is 0 Å². The summed E-state index contributed by atoms with van der Waals surface area (Å²) >= 11 is 0. The monoisotopic (exact) mass is 306 g/mol. The van der Waals surface area contributed by atoms with Crippen LogP contribution in [-0.4, -0.2) is 12.2 Å². The van der Waals surface area contributed by atoms with Gasteiger partial charge in [-0.15, -0.1) is 0 Å². The van der Waals surface area contributed by atoms with Crippen molar-refractivity contribution in [3.8, 4) is 12.1 Å². The van der Waals surface area contributed by atoms with E-state index in [4.69, 9.17) is 4.74 Å². The normalized spacial score (nSPS) is 70.3. The highest BCUT2D eigenvalue weighted by molar-refractivity contribution is 5.30. The van der Waals surface area contributed by atoms with Gasteiger partial charge in [0.25, 0.3) is 0 Å². The maximum Gasteiger partial charge on any atom is 0.0878 e. The molecule has 0 spiro atoms. The van der Waals surface area contributed by atoms with Crippen molar-refractivity contribution in [2.45, 2.75) is 37.9 Å². The number of rotatable bonds is 2. The second-order valence-corrected chi connectivity index (χ2v) is 9.73. The van der Waals surface area contributed by atoms with Crippen molar-refractivity contribution in [2.75, 3.05) is 0 Å². The number of fused-ring (bicyclic) bond motifs is 6. The Labute approximate surface area is 137 Å².